The Morgan fingerprint density at radius 2 is 1.75 bits per heavy atom. The lowest BCUT2D eigenvalue weighted by Gasteiger charge is -2.18. The van der Waals surface area contributed by atoms with Crippen molar-refractivity contribution in [3.05, 3.63) is 75.1 Å². The Balaban J connectivity index is 1.83. The molecule has 0 saturated heterocycles. The highest BCUT2D eigenvalue weighted by atomic mass is 16.5. The number of benzene rings is 2. The highest BCUT2D eigenvalue weighted by molar-refractivity contribution is 5.87. The molecule has 0 fully saturated rings. The normalized spacial score (nSPS) is 12.0. The number of carbonyl (C=O) groups is 2. The van der Waals surface area contributed by atoms with Gasteiger partial charge in [-0.3, -0.25) is 4.79 Å². The van der Waals surface area contributed by atoms with Crippen LogP contribution in [0.2, 0.25) is 0 Å². The molecular formula is C25H27NO6. The fraction of sp³-hybridized carbons (Fsp3) is 0.320. The average molecular weight is 437 g/mol. The van der Waals surface area contributed by atoms with Crippen molar-refractivity contribution in [1.82, 2.24) is 5.32 Å². The molecule has 0 spiro atoms. The van der Waals surface area contributed by atoms with E-state index in [0.29, 0.717) is 28.9 Å². The third-order valence-corrected chi connectivity index (χ3v) is 5.49. The van der Waals surface area contributed by atoms with E-state index in [9.17, 15) is 19.5 Å². The average Bonchev–Trinajstić information content (AvgIpc) is 2.75. The lowest BCUT2D eigenvalue weighted by molar-refractivity contribution is -0.143. The van der Waals surface area contributed by atoms with E-state index >= 15 is 0 Å². The minimum Gasteiger partial charge on any atom is -0.483 e. The number of aryl methyl sites for hydroxylation is 2. The number of amides is 1. The summed E-state index contributed by atoms with van der Waals surface area (Å²) in [6.45, 7) is 6.72. The second kappa shape index (κ2) is 9.68. The van der Waals surface area contributed by atoms with Gasteiger partial charge in [-0.05, 0) is 43.0 Å². The summed E-state index contributed by atoms with van der Waals surface area (Å²) in [6.07, 6.45) is 0.475. The Bertz CT molecular complexity index is 1200. The molecule has 0 aliphatic rings. The molecule has 32 heavy (non-hydrogen) atoms. The van der Waals surface area contributed by atoms with E-state index in [1.54, 1.807) is 32.9 Å². The Kier molecular flexibility index (Phi) is 6.98. The van der Waals surface area contributed by atoms with E-state index in [2.05, 4.69) is 5.32 Å². The molecule has 0 unspecified atom stereocenters. The molecule has 0 aliphatic heterocycles. The van der Waals surface area contributed by atoms with Gasteiger partial charge in [-0.25, -0.2) is 9.59 Å². The van der Waals surface area contributed by atoms with Crippen LogP contribution in [0.4, 0.5) is 0 Å². The van der Waals surface area contributed by atoms with Gasteiger partial charge < -0.3 is 19.6 Å². The van der Waals surface area contributed by atoms with Crippen molar-refractivity contribution in [3.63, 3.8) is 0 Å². The Hall–Kier alpha value is -3.61. The van der Waals surface area contributed by atoms with Gasteiger partial charge in [-0.15, -0.1) is 0 Å². The number of fused-ring (bicyclic) bond motifs is 1. The maximum absolute atomic E-state index is 12.7. The lowest BCUT2D eigenvalue weighted by atomic mass is 9.98. The topological polar surface area (TPSA) is 106 Å². The van der Waals surface area contributed by atoms with Gasteiger partial charge in [0.1, 0.15) is 17.4 Å². The van der Waals surface area contributed by atoms with Crippen LogP contribution in [0.5, 0.6) is 5.75 Å². The fourth-order valence-electron chi connectivity index (χ4n) is 3.60. The Morgan fingerprint density at radius 1 is 1.06 bits per heavy atom. The van der Waals surface area contributed by atoms with Crippen molar-refractivity contribution in [2.75, 3.05) is 6.61 Å². The summed E-state index contributed by atoms with van der Waals surface area (Å²) in [4.78, 5) is 36.1. The molecule has 1 atom stereocenters. The Labute approximate surface area is 186 Å². The molecule has 168 valence electrons. The van der Waals surface area contributed by atoms with E-state index in [1.165, 1.54) is 0 Å². The predicted molar refractivity (Wildman–Crippen MR) is 121 cm³/mol. The Morgan fingerprint density at radius 3 is 2.38 bits per heavy atom. The fourth-order valence-corrected chi connectivity index (χ4v) is 3.60. The van der Waals surface area contributed by atoms with Gasteiger partial charge in [0.2, 0.25) is 0 Å². The minimum atomic E-state index is -1.10. The predicted octanol–water partition coefficient (Wildman–Crippen LogP) is 3.60. The lowest BCUT2D eigenvalue weighted by Crippen LogP contribution is -2.46. The monoisotopic (exact) mass is 437 g/mol. The quantitative estimate of drug-likeness (QED) is 0.522. The molecule has 0 aliphatic carbocycles. The van der Waals surface area contributed by atoms with Gasteiger partial charge >= 0.3 is 11.6 Å². The number of rotatable bonds is 8. The van der Waals surface area contributed by atoms with Crippen molar-refractivity contribution in [1.29, 1.82) is 0 Å². The van der Waals surface area contributed by atoms with Crippen LogP contribution in [-0.4, -0.2) is 29.6 Å². The van der Waals surface area contributed by atoms with E-state index in [1.807, 2.05) is 37.3 Å². The molecule has 0 bridgehead atoms. The number of ether oxygens (including phenoxy) is 1. The molecule has 3 rings (SSSR count). The highest BCUT2D eigenvalue weighted by Gasteiger charge is 2.24. The second-order valence-electron chi connectivity index (χ2n) is 8.14. The van der Waals surface area contributed by atoms with E-state index in [-0.39, 0.29) is 12.5 Å². The summed E-state index contributed by atoms with van der Waals surface area (Å²) in [6, 6.07) is 12.2. The molecule has 2 N–H and O–H groups in total. The molecule has 0 radical (unpaired) electrons. The maximum Gasteiger partial charge on any atom is 0.340 e. The number of carbonyl (C=O) groups excluding carboxylic acids is 1. The number of nitrogens with one attached hydrogen (secondary N) is 1. The zero-order valence-electron chi connectivity index (χ0n) is 18.6. The standard InChI is InChI=1S/C25H27NO6/c1-14(2)22(24(28)29)26-21(27)13-31-20-11-10-18-15(3)19(12-17-8-6-5-7-9-17)25(30)32-23(18)16(20)4/h5-11,14,22H,12-13H2,1-4H3,(H,26,27)(H,28,29)/t22-/m0/s1. The largest absolute Gasteiger partial charge is 0.483 e. The first kappa shape index (κ1) is 23.1. The van der Waals surface area contributed by atoms with E-state index < -0.39 is 23.5 Å². The van der Waals surface area contributed by atoms with Gasteiger partial charge in [0.25, 0.3) is 5.91 Å². The highest BCUT2D eigenvalue weighted by Crippen LogP contribution is 2.30. The van der Waals surface area contributed by atoms with E-state index in [0.717, 1.165) is 16.5 Å². The number of aliphatic carboxylic acids is 1. The summed E-state index contributed by atoms with van der Waals surface area (Å²) >= 11 is 0. The van der Waals surface area contributed by atoms with Crippen LogP contribution in [0.25, 0.3) is 11.0 Å². The first-order chi connectivity index (χ1) is 15.2. The van der Waals surface area contributed by atoms with Crippen molar-refractivity contribution >= 4 is 22.8 Å². The minimum absolute atomic E-state index is 0.263. The molecule has 1 aromatic heterocycles. The molecule has 0 saturated carbocycles. The maximum atomic E-state index is 12.7. The van der Waals surface area contributed by atoms with Crippen LogP contribution in [-0.2, 0) is 16.0 Å². The molecule has 2 aromatic carbocycles. The van der Waals surface area contributed by atoms with Crippen LogP contribution in [0.15, 0.2) is 51.7 Å². The van der Waals surface area contributed by atoms with Crippen LogP contribution < -0.4 is 15.7 Å². The number of hydrogen-bond donors (Lipinski definition) is 2. The van der Waals surface area contributed by atoms with Gasteiger partial charge in [-0.1, -0.05) is 44.2 Å². The second-order valence-corrected chi connectivity index (χ2v) is 8.14. The zero-order valence-corrected chi connectivity index (χ0v) is 18.6. The number of carboxylic acid groups (broad SMARTS) is 1. The van der Waals surface area contributed by atoms with Crippen LogP contribution in [0.3, 0.4) is 0 Å². The van der Waals surface area contributed by atoms with Gasteiger partial charge in [0.05, 0.1) is 0 Å². The van der Waals surface area contributed by atoms with Crippen molar-refractivity contribution in [2.45, 2.75) is 40.2 Å². The summed E-state index contributed by atoms with van der Waals surface area (Å²) in [5, 5.41) is 12.5. The number of carboxylic acids is 1. The number of hydrogen-bond acceptors (Lipinski definition) is 5. The molecule has 7 heteroatoms. The van der Waals surface area contributed by atoms with Crippen LogP contribution in [0.1, 0.15) is 36.1 Å². The summed E-state index contributed by atoms with van der Waals surface area (Å²) < 4.78 is 11.2. The van der Waals surface area contributed by atoms with Gasteiger partial charge in [0.15, 0.2) is 6.61 Å². The molecular weight excluding hydrogens is 410 g/mol. The van der Waals surface area contributed by atoms with Crippen molar-refractivity contribution in [2.24, 2.45) is 5.92 Å². The first-order valence-electron chi connectivity index (χ1n) is 10.4. The van der Waals surface area contributed by atoms with E-state index in [4.69, 9.17) is 9.15 Å². The van der Waals surface area contributed by atoms with Gasteiger partial charge in [0, 0.05) is 22.9 Å². The smallest absolute Gasteiger partial charge is 0.340 e. The third kappa shape index (κ3) is 4.99. The summed E-state index contributed by atoms with van der Waals surface area (Å²) in [5.41, 5.74) is 3.07. The summed E-state index contributed by atoms with van der Waals surface area (Å²) in [7, 11) is 0. The zero-order chi connectivity index (χ0) is 23.4. The van der Waals surface area contributed by atoms with Crippen molar-refractivity contribution < 1.29 is 23.8 Å². The molecule has 1 amide bonds. The van der Waals surface area contributed by atoms with Crippen LogP contribution >= 0.6 is 0 Å². The van der Waals surface area contributed by atoms with Crippen LogP contribution in [0, 0.1) is 19.8 Å². The third-order valence-electron chi connectivity index (χ3n) is 5.49. The molecule has 1 heterocycles. The SMILES string of the molecule is Cc1c(Cc2ccccc2)c(=O)oc2c(C)c(OCC(=O)N[C@H](C(=O)O)C(C)C)ccc12. The van der Waals surface area contributed by atoms with Gasteiger partial charge in [-0.2, -0.15) is 0 Å². The molecule has 7 nitrogen and oxygen atoms in total. The first-order valence-corrected chi connectivity index (χ1v) is 10.4. The van der Waals surface area contributed by atoms with Crippen molar-refractivity contribution in [3.8, 4) is 5.75 Å². The summed E-state index contributed by atoms with van der Waals surface area (Å²) in [5.74, 6) is -1.51. The molecule has 3 aromatic rings.